The van der Waals surface area contributed by atoms with E-state index in [1.54, 1.807) is 30.3 Å². The molecule has 5 aliphatic rings. The molecular weight excluding hydrogens is 552 g/mol. The quantitative estimate of drug-likeness (QED) is 0.184. The summed E-state index contributed by atoms with van der Waals surface area (Å²) >= 11 is 0. The number of aliphatic hydroxyl groups excluding tert-OH is 1. The van der Waals surface area contributed by atoms with Gasteiger partial charge in [0, 0.05) is 17.4 Å². The predicted octanol–water partition coefficient (Wildman–Crippen LogP) is 7.78. The summed E-state index contributed by atoms with van der Waals surface area (Å²) in [6.45, 7) is 13.7. The molecule has 0 saturated heterocycles. The number of rotatable bonds is 4. The van der Waals surface area contributed by atoms with Gasteiger partial charge in [-0.1, -0.05) is 59.8 Å². The molecular formula is C38H52O6. The number of aliphatic hydroxyl groups is 1. The van der Waals surface area contributed by atoms with Crippen LogP contribution < -0.4 is 0 Å². The molecule has 6 rings (SSSR count). The van der Waals surface area contributed by atoms with E-state index in [1.165, 1.54) is 6.08 Å². The summed E-state index contributed by atoms with van der Waals surface area (Å²) in [7, 11) is 0. The third kappa shape index (κ3) is 4.29. The van der Waals surface area contributed by atoms with E-state index >= 15 is 0 Å². The molecule has 44 heavy (non-hydrogen) atoms. The Bertz CT molecular complexity index is 1380. The number of carbonyl (C=O) groups excluding carboxylic acids is 1. The lowest BCUT2D eigenvalue weighted by molar-refractivity contribution is -0.238. The maximum atomic E-state index is 13.9. The first-order chi connectivity index (χ1) is 20.6. The Morgan fingerprint density at radius 2 is 1.61 bits per heavy atom. The lowest BCUT2D eigenvalue weighted by Crippen LogP contribution is -2.69. The largest absolute Gasteiger partial charge is 0.508 e. The molecule has 5 aliphatic carbocycles. The minimum Gasteiger partial charge on any atom is -0.508 e. The second-order valence-corrected chi connectivity index (χ2v) is 16.3. The number of esters is 1. The Morgan fingerprint density at radius 3 is 2.30 bits per heavy atom. The van der Waals surface area contributed by atoms with Crippen molar-refractivity contribution in [2.75, 3.05) is 0 Å². The zero-order valence-electron chi connectivity index (χ0n) is 27.4. The molecule has 0 spiro atoms. The monoisotopic (exact) mass is 604 g/mol. The first-order valence-electron chi connectivity index (χ1n) is 16.9. The van der Waals surface area contributed by atoms with Crippen LogP contribution >= 0.6 is 0 Å². The summed E-state index contributed by atoms with van der Waals surface area (Å²) in [6, 6.07) is 6.71. The molecule has 240 valence electrons. The molecule has 6 nitrogen and oxygen atoms in total. The third-order valence-electron chi connectivity index (χ3n) is 14.3. The molecule has 0 heterocycles. The van der Waals surface area contributed by atoms with E-state index in [1.807, 2.05) is 0 Å². The average Bonchev–Trinajstić information content (AvgIpc) is 2.97. The van der Waals surface area contributed by atoms with Crippen LogP contribution in [0, 0.1) is 51.2 Å². The molecule has 10 atom stereocenters. The van der Waals surface area contributed by atoms with Crippen LogP contribution in [0.3, 0.4) is 0 Å². The van der Waals surface area contributed by atoms with Gasteiger partial charge in [0.15, 0.2) is 0 Å². The standard InChI is InChI=1S/C38H52O6/c1-23-15-20-37(33(42)43)21-22-38(44-31(41)14-9-25-7-10-26(39)11-8-25)27(32(37)24(23)2)12-13-29-35(5)18-17-30(40)34(3,4)28(35)16-19-36(29,38)6/h7-12,14,23-24,28-30,32,39-40H,13,15-22H2,1-6H3,(H,42,43)/b14-9-/t23-,24+,28?,29?,30+,32?,35+,36-,37+,38?/m1/s1. The number of carboxylic acid groups (broad SMARTS) is 1. The normalized spacial score (nSPS) is 44.4. The molecule has 4 unspecified atom stereocenters. The summed E-state index contributed by atoms with van der Waals surface area (Å²) in [5, 5.41) is 31.6. The van der Waals surface area contributed by atoms with Crippen LogP contribution in [-0.2, 0) is 14.3 Å². The molecule has 6 heteroatoms. The number of aliphatic carboxylic acids is 1. The van der Waals surface area contributed by atoms with Gasteiger partial charge in [-0.25, -0.2) is 4.79 Å². The maximum absolute atomic E-state index is 13.9. The number of ether oxygens (including phenoxy) is 1. The van der Waals surface area contributed by atoms with Crippen LogP contribution in [0.1, 0.15) is 105 Å². The number of phenolic OH excluding ortho intramolecular Hbond substituents is 1. The van der Waals surface area contributed by atoms with Gasteiger partial charge in [-0.15, -0.1) is 0 Å². The van der Waals surface area contributed by atoms with Crippen molar-refractivity contribution in [2.45, 2.75) is 111 Å². The smallest absolute Gasteiger partial charge is 0.331 e. The molecule has 1 aromatic rings. The van der Waals surface area contributed by atoms with Crippen molar-refractivity contribution in [1.29, 1.82) is 0 Å². The second-order valence-electron chi connectivity index (χ2n) is 16.3. The highest BCUT2D eigenvalue weighted by Gasteiger charge is 2.72. The molecule has 0 aliphatic heterocycles. The summed E-state index contributed by atoms with van der Waals surface area (Å²) < 4.78 is 6.87. The minimum atomic E-state index is -0.893. The number of hydrogen-bond acceptors (Lipinski definition) is 5. The molecule has 0 bridgehead atoms. The van der Waals surface area contributed by atoms with Gasteiger partial charge in [-0.3, -0.25) is 4.79 Å². The molecule has 0 aromatic heterocycles. The minimum absolute atomic E-state index is 0.0359. The Balaban J connectivity index is 1.47. The van der Waals surface area contributed by atoms with Crippen molar-refractivity contribution < 1.29 is 29.6 Å². The van der Waals surface area contributed by atoms with Crippen molar-refractivity contribution in [3.8, 4) is 5.75 Å². The van der Waals surface area contributed by atoms with Gasteiger partial charge < -0.3 is 20.1 Å². The van der Waals surface area contributed by atoms with Gasteiger partial charge in [0.1, 0.15) is 11.4 Å². The molecule has 0 amide bonds. The first kappa shape index (κ1) is 31.4. The highest BCUT2D eigenvalue weighted by atomic mass is 16.6. The van der Waals surface area contributed by atoms with Crippen LogP contribution in [0.5, 0.6) is 5.75 Å². The SMILES string of the molecule is C[C@@H]1CC[C@]2(C(=O)O)CCC3(OC(=O)/C=C\c4ccc(O)cc4)C(=CCC4[C@@]5(C)CC[C@H](O)C(C)(C)C5CC[C@]43C)C2[C@H]1C. The number of fused-ring (bicyclic) bond motifs is 7. The summed E-state index contributed by atoms with van der Waals surface area (Å²) in [4.78, 5) is 27.1. The van der Waals surface area contributed by atoms with E-state index in [2.05, 4.69) is 47.6 Å². The van der Waals surface area contributed by atoms with Crippen molar-refractivity contribution in [3.05, 3.63) is 47.6 Å². The lowest BCUT2D eigenvalue weighted by Gasteiger charge is -2.70. The maximum Gasteiger partial charge on any atom is 0.331 e. The van der Waals surface area contributed by atoms with Gasteiger partial charge in [0.25, 0.3) is 0 Å². The fourth-order valence-electron chi connectivity index (χ4n) is 11.6. The number of hydrogen-bond donors (Lipinski definition) is 3. The van der Waals surface area contributed by atoms with E-state index in [4.69, 9.17) is 4.74 Å². The number of aromatic hydroxyl groups is 1. The average molecular weight is 605 g/mol. The molecule has 1 aromatic carbocycles. The van der Waals surface area contributed by atoms with Crippen LogP contribution in [-0.4, -0.2) is 39.0 Å². The number of benzene rings is 1. The highest BCUT2D eigenvalue weighted by Crippen LogP contribution is 2.74. The molecule has 4 fully saturated rings. The van der Waals surface area contributed by atoms with Gasteiger partial charge in [-0.2, -0.15) is 0 Å². The van der Waals surface area contributed by atoms with E-state index < -0.39 is 23.0 Å². The van der Waals surface area contributed by atoms with E-state index in [9.17, 15) is 24.9 Å². The molecule has 3 N–H and O–H groups in total. The van der Waals surface area contributed by atoms with Crippen molar-refractivity contribution >= 4 is 18.0 Å². The Morgan fingerprint density at radius 1 is 0.909 bits per heavy atom. The van der Waals surface area contributed by atoms with Crippen molar-refractivity contribution in [1.82, 2.24) is 0 Å². The van der Waals surface area contributed by atoms with E-state index in [-0.39, 0.29) is 45.9 Å². The Kier molecular flexibility index (Phi) is 7.47. The van der Waals surface area contributed by atoms with Crippen molar-refractivity contribution in [3.63, 3.8) is 0 Å². The van der Waals surface area contributed by atoms with Crippen LogP contribution in [0.4, 0.5) is 0 Å². The Labute approximate surface area is 263 Å². The predicted molar refractivity (Wildman–Crippen MR) is 170 cm³/mol. The zero-order chi connectivity index (χ0) is 31.9. The van der Waals surface area contributed by atoms with E-state index in [0.717, 1.165) is 49.7 Å². The first-order valence-corrected chi connectivity index (χ1v) is 16.9. The van der Waals surface area contributed by atoms with Crippen LogP contribution in [0.15, 0.2) is 42.0 Å². The number of carboxylic acids is 1. The summed E-state index contributed by atoms with van der Waals surface area (Å²) in [5.74, 6) is 0.0102. The molecule has 0 radical (unpaired) electrons. The Hall–Kier alpha value is -2.60. The topological polar surface area (TPSA) is 104 Å². The molecule has 4 saturated carbocycles. The fourth-order valence-corrected chi connectivity index (χ4v) is 11.6. The lowest BCUT2D eigenvalue weighted by atomic mass is 9.35. The summed E-state index contributed by atoms with van der Waals surface area (Å²) in [5.41, 5.74) is -0.480. The highest BCUT2D eigenvalue weighted by molar-refractivity contribution is 5.88. The third-order valence-corrected chi connectivity index (χ3v) is 14.3. The van der Waals surface area contributed by atoms with Crippen molar-refractivity contribution in [2.24, 2.45) is 51.2 Å². The number of allylic oxidation sites excluding steroid dienone is 1. The number of carbonyl (C=O) groups is 2. The van der Waals surface area contributed by atoms with Gasteiger partial charge in [0.2, 0.25) is 0 Å². The fraction of sp³-hybridized carbons (Fsp3) is 0.684. The van der Waals surface area contributed by atoms with Crippen LogP contribution in [0.25, 0.3) is 6.08 Å². The van der Waals surface area contributed by atoms with Gasteiger partial charge in [-0.05, 0) is 122 Å². The number of phenols is 1. The van der Waals surface area contributed by atoms with E-state index in [0.29, 0.717) is 31.1 Å². The van der Waals surface area contributed by atoms with Gasteiger partial charge >= 0.3 is 11.9 Å². The second kappa shape index (κ2) is 10.5. The zero-order valence-corrected chi connectivity index (χ0v) is 27.4. The van der Waals surface area contributed by atoms with Gasteiger partial charge in [0.05, 0.1) is 11.5 Å². The summed E-state index contributed by atoms with van der Waals surface area (Å²) in [6.07, 6.45) is 12.2. The van der Waals surface area contributed by atoms with Crippen LogP contribution in [0.2, 0.25) is 0 Å².